The van der Waals surface area contributed by atoms with E-state index in [2.05, 4.69) is 15.4 Å². The van der Waals surface area contributed by atoms with Crippen LogP contribution in [-0.4, -0.2) is 41.0 Å². The average molecular weight is 495 g/mol. The van der Waals surface area contributed by atoms with Crippen LogP contribution in [0.2, 0.25) is 5.02 Å². The van der Waals surface area contributed by atoms with Crippen LogP contribution in [0, 0.1) is 6.92 Å². The second-order valence-corrected chi connectivity index (χ2v) is 8.32. The zero-order chi connectivity index (χ0) is 25.1. The van der Waals surface area contributed by atoms with E-state index in [4.69, 9.17) is 25.8 Å². The van der Waals surface area contributed by atoms with Crippen molar-refractivity contribution in [1.82, 2.24) is 14.8 Å². The molecule has 0 aliphatic carbocycles. The van der Waals surface area contributed by atoms with Gasteiger partial charge in [0.05, 0.1) is 36.0 Å². The zero-order valence-electron chi connectivity index (χ0n) is 20.3. The normalized spacial score (nSPS) is 11.8. The SMILES string of the molecule is CCn1nc(C)c2c(-c3ccccc3)cc(O[C@@H](C)C(=O)Nc3cc(Cl)c(OC)cc3OC)nc21. The summed E-state index contributed by atoms with van der Waals surface area (Å²) in [5, 5.41) is 8.74. The van der Waals surface area contributed by atoms with Crippen LogP contribution in [0.5, 0.6) is 17.4 Å². The van der Waals surface area contributed by atoms with Gasteiger partial charge in [0.25, 0.3) is 5.91 Å². The van der Waals surface area contributed by atoms with E-state index in [1.807, 2.05) is 54.9 Å². The summed E-state index contributed by atoms with van der Waals surface area (Å²) in [4.78, 5) is 17.7. The quantitative estimate of drug-likeness (QED) is 0.348. The monoisotopic (exact) mass is 494 g/mol. The number of methoxy groups -OCH3 is 2. The molecule has 0 saturated heterocycles. The molecule has 0 spiro atoms. The van der Waals surface area contributed by atoms with Crippen LogP contribution in [-0.2, 0) is 11.3 Å². The number of pyridine rings is 1. The Morgan fingerprint density at radius 2 is 1.83 bits per heavy atom. The molecule has 0 unspecified atom stereocenters. The molecule has 8 nitrogen and oxygen atoms in total. The van der Waals surface area contributed by atoms with Gasteiger partial charge in [-0.1, -0.05) is 41.9 Å². The molecule has 2 aromatic carbocycles. The first-order valence-corrected chi connectivity index (χ1v) is 11.6. The standard InChI is InChI=1S/C26H27ClN4O4/c1-6-31-25-24(15(2)30-31)18(17-10-8-7-9-11-17)12-23(29-25)35-16(3)26(32)28-20-13-19(27)21(33-4)14-22(20)34-5/h7-14,16H,6H2,1-5H3,(H,28,32)/t16-/m0/s1. The number of carbonyl (C=O) groups excluding carboxylic acids is 1. The average Bonchev–Trinajstić information content (AvgIpc) is 3.19. The number of amides is 1. The second kappa shape index (κ2) is 10.2. The molecular formula is C26H27ClN4O4. The van der Waals surface area contributed by atoms with Crippen molar-refractivity contribution in [1.29, 1.82) is 0 Å². The highest BCUT2D eigenvalue weighted by Gasteiger charge is 2.21. The van der Waals surface area contributed by atoms with Gasteiger partial charge < -0.3 is 19.5 Å². The molecule has 0 saturated carbocycles. The summed E-state index contributed by atoms with van der Waals surface area (Å²) >= 11 is 6.23. The zero-order valence-corrected chi connectivity index (χ0v) is 21.0. The van der Waals surface area contributed by atoms with Crippen LogP contribution in [0.25, 0.3) is 22.2 Å². The number of anilines is 1. The van der Waals surface area contributed by atoms with Crippen LogP contribution in [0.4, 0.5) is 5.69 Å². The minimum Gasteiger partial charge on any atom is -0.495 e. The predicted molar refractivity (Wildman–Crippen MR) is 137 cm³/mol. The molecule has 35 heavy (non-hydrogen) atoms. The molecule has 2 aromatic heterocycles. The molecule has 4 aromatic rings. The number of aryl methyl sites for hydroxylation is 2. The Morgan fingerprint density at radius 3 is 2.49 bits per heavy atom. The predicted octanol–water partition coefficient (Wildman–Crippen LogP) is 5.50. The van der Waals surface area contributed by atoms with Crippen molar-refractivity contribution in [3.05, 3.63) is 59.2 Å². The van der Waals surface area contributed by atoms with Gasteiger partial charge in [0.2, 0.25) is 5.88 Å². The van der Waals surface area contributed by atoms with Crippen molar-refractivity contribution in [2.24, 2.45) is 0 Å². The third kappa shape index (κ3) is 4.88. The maximum atomic E-state index is 13.0. The van der Waals surface area contributed by atoms with E-state index in [0.717, 1.165) is 22.2 Å². The molecule has 0 fully saturated rings. The van der Waals surface area contributed by atoms with Crippen molar-refractivity contribution in [2.75, 3.05) is 19.5 Å². The molecule has 1 N–H and O–H groups in total. The topological polar surface area (TPSA) is 87.5 Å². The summed E-state index contributed by atoms with van der Waals surface area (Å²) in [7, 11) is 3.01. The van der Waals surface area contributed by atoms with Gasteiger partial charge in [0.1, 0.15) is 11.5 Å². The molecule has 0 radical (unpaired) electrons. The number of nitrogens with one attached hydrogen (secondary N) is 1. The van der Waals surface area contributed by atoms with Crippen LogP contribution in [0.15, 0.2) is 48.5 Å². The number of nitrogens with zero attached hydrogens (tertiary/aromatic N) is 3. The first-order chi connectivity index (χ1) is 16.9. The lowest BCUT2D eigenvalue weighted by Gasteiger charge is -2.17. The Hall–Kier alpha value is -3.78. The summed E-state index contributed by atoms with van der Waals surface area (Å²) in [6, 6.07) is 15.0. The lowest BCUT2D eigenvalue weighted by molar-refractivity contribution is -0.122. The molecule has 1 amide bonds. The Bertz CT molecular complexity index is 1370. The molecule has 2 heterocycles. The van der Waals surface area contributed by atoms with Gasteiger partial charge in [0.15, 0.2) is 11.8 Å². The van der Waals surface area contributed by atoms with Crippen molar-refractivity contribution >= 4 is 34.2 Å². The van der Waals surface area contributed by atoms with E-state index in [9.17, 15) is 4.79 Å². The highest BCUT2D eigenvalue weighted by atomic mass is 35.5. The van der Waals surface area contributed by atoms with E-state index in [-0.39, 0.29) is 5.91 Å². The fourth-order valence-electron chi connectivity index (χ4n) is 3.88. The molecular weight excluding hydrogens is 468 g/mol. The minimum atomic E-state index is -0.853. The number of aromatic nitrogens is 3. The summed E-state index contributed by atoms with van der Waals surface area (Å²) in [5.41, 5.74) is 3.95. The van der Waals surface area contributed by atoms with Gasteiger partial charge in [0, 0.05) is 18.7 Å². The highest BCUT2D eigenvalue weighted by Crippen LogP contribution is 2.36. The van der Waals surface area contributed by atoms with Gasteiger partial charge in [-0.3, -0.25) is 4.79 Å². The third-order valence-electron chi connectivity index (χ3n) is 5.64. The fraction of sp³-hybridized carbons (Fsp3) is 0.269. The number of ether oxygens (including phenoxy) is 3. The second-order valence-electron chi connectivity index (χ2n) is 7.91. The van der Waals surface area contributed by atoms with Gasteiger partial charge in [-0.05, 0) is 38.0 Å². The van der Waals surface area contributed by atoms with Gasteiger partial charge >= 0.3 is 0 Å². The van der Waals surface area contributed by atoms with Gasteiger partial charge in [-0.25, -0.2) is 4.68 Å². The first-order valence-electron chi connectivity index (χ1n) is 11.2. The number of halogens is 1. The highest BCUT2D eigenvalue weighted by molar-refractivity contribution is 6.32. The maximum absolute atomic E-state index is 13.0. The van der Waals surface area contributed by atoms with Crippen LogP contribution in [0.3, 0.4) is 0 Å². The molecule has 0 aliphatic rings. The lowest BCUT2D eigenvalue weighted by atomic mass is 10.0. The Balaban J connectivity index is 1.66. The maximum Gasteiger partial charge on any atom is 0.265 e. The van der Waals surface area contributed by atoms with E-state index < -0.39 is 6.10 Å². The van der Waals surface area contributed by atoms with Crippen molar-refractivity contribution in [2.45, 2.75) is 33.4 Å². The van der Waals surface area contributed by atoms with Crippen LogP contribution < -0.4 is 19.5 Å². The smallest absolute Gasteiger partial charge is 0.265 e. The summed E-state index contributed by atoms with van der Waals surface area (Å²) in [6.45, 7) is 6.28. The summed E-state index contributed by atoms with van der Waals surface area (Å²) in [6.07, 6.45) is -0.853. The third-order valence-corrected chi connectivity index (χ3v) is 5.93. The van der Waals surface area contributed by atoms with Crippen LogP contribution in [0.1, 0.15) is 19.5 Å². The van der Waals surface area contributed by atoms with Crippen molar-refractivity contribution in [3.63, 3.8) is 0 Å². The van der Waals surface area contributed by atoms with E-state index >= 15 is 0 Å². The number of benzene rings is 2. The first kappa shape index (κ1) is 24.3. The Labute approximate surface area is 208 Å². The number of fused-ring (bicyclic) bond motifs is 1. The number of hydrogen-bond acceptors (Lipinski definition) is 6. The number of carbonyl (C=O) groups is 1. The Kier molecular flexibility index (Phi) is 7.12. The molecule has 1 atom stereocenters. The molecule has 9 heteroatoms. The molecule has 182 valence electrons. The van der Waals surface area contributed by atoms with E-state index in [1.54, 1.807) is 19.1 Å². The number of hydrogen-bond donors (Lipinski definition) is 1. The van der Waals surface area contributed by atoms with Crippen molar-refractivity contribution in [3.8, 4) is 28.5 Å². The Morgan fingerprint density at radius 1 is 1.11 bits per heavy atom. The fourth-order valence-corrected chi connectivity index (χ4v) is 4.12. The minimum absolute atomic E-state index is 0.327. The van der Waals surface area contributed by atoms with E-state index in [1.165, 1.54) is 14.2 Å². The van der Waals surface area contributed by atoms with Gasteiger partial charge in [-0.2, -0.15) is 10.1 Å². The summed E-state index contributed by atoms with van der Waals surface area (Å²) < 4.78 is 18.4. The molecule has 4 rings (SSSR count). The lowest BCUT2D eigenvalue weighted by Crippen LogP contribution is -2.30. The van der Waals surface area contributed by atoms with E-state index in [0.29, 0.717) is 40.3 Å². The van der Waals surface area contributed by atoms with Gasteiger partial charge in [-0.15, -0.1) is 0 Å². The largest absolute Gasteiger partial charge is 0.495 e. The molecule has 0 bridgehead atoms. The number of rotatable bonds is 8. The summed E-state index contributed by atoms with van der Waals surface area (Å²) in [5.74, 6) is 0.806. The molecule has 0 aliphatic heterocycles. The van der Waals surface area contributed by atoms with Crippen molar-refractivity contribution < 1.29 is 19.0 Å². The van der Waals surface area contributed by atoms with Crippen LogP contribution >= 0.6 is 11.6 Å².